The van der Waals surface area contributed by atoms with Crippen LogP contribution in [-0.4, -0.2) is 39.8 Å². The molecule has 0 aliphatic carbocycles. The van der Waals surface area contributed by atoms with Gasteiger partial charge in [-0.05, 0) is 73.7 Å². The smallest absolute Gasteiger partial charge is 0.203 e. The predicted octanol–water partition coefficient (Wildman–Crippen LogP) is 7.83. The highest BCUT2D eigenvalue weighted by Gasteiger charge is 2.16. The molecule has 0 saturated heterocycles. The van der Waals surface area contributed by atoms with Crippen LogP contribution in [0.2, 0.25) is 0 Å². The molecule has 0 bridgehead atoms. The lowest BCUT2D eigenvalue weighted by molar-refractivity contribution is 0.111. The number of carbonyl (C=O) groups is 1. The summed E-state index contributed by atoms with van der Waals surface area (Å²) in [6, 6.07) is 15.7. The van der Waals surface area contributed by atoms with Crippen molar-refractivity contribution in [2.45, 2.75) is 46.3 Å². The number of aldehydes is 1. The number of ether oxygens (including phenoxy) is 5. The summed E-state index contributed by atoms with van der Waals surface area (Å²) in [5.74, 6) is 2.87. The van der Waals surface area contributed by atoms with Crippen LogP contribution in [0.1, 0.15) is 66.7 Å². The minimum Gasteiger partial charge on any atom is -0.493 e. The van der Waals surface area contributed by atoms with Gasteiger partial charge in [-0.3, -0.25) is 4.79 Å². The van der Waals surface area contributed by atoms with E-state index < -0.39 is 0 Å². The van der Waals surface area contributed by atoms with Crippen LogP contribution in [0.5, 0.6) is 28.7 Å². The van der Waals surface area contributed by atoms with Crippen molar-refractivity contribution in [1.29, 1.82) is 0 Å². The molecule has 39 heavy (non-hydrogen) atoms. The van der Waals surface area contributed by atoms with Gasteiger partial charge in [0.2, 0.25) is 5.75 Å². The molecule has 0 N–H and O–H groups in total. The van der Waals surface area contributed by atoms with E-state index in [-0.39, 0.29) is 12.2 Å². The maximum atomic E-state index is 11.7. The van der Waals surface area contributed by atoms with Gasteiger partial charge in [0.1, 0.15) is 0 Å². The number of hydrogen-bond acceptors (Lipinski definition) is 6. The first-order valence-electron chi connectivity index (χ1n) is 13.0. The summed E-state index contributed by atoms with van der Waals surface area (Å²) in [4.78, 5) is 11.7. The Bertz CT molecular complexity index is 1280. The zero-order valence-corrected chi connectivity index (χ0v) is 23.8. The molecule has 0 fully saturated rings. The largest absolute Gasteiger partial charge is 0.493 e. The first-order valence-corrected chi connectivity index (χ1v) is 13.0. The molecule has 0 amide bonds. The van der Waals surface area contributed by atoms with Crippen molar-refractivity contribution in [3.8, 4) is 28.7 Å². The van der Waals surface area contributed by atoms with E-state index in [1.54, 1.807) is 27.4 Å². The van der Waals surface area contributed by atoms with Gasteiger partial charge >= 0.3 is 0 Å². The van der Waals surface area contributed by atoms with E-state index in [1.165, 1.54) is 0 Å². The molecule has 3 aromatic carbocycles. The standard InChI is InChI=1S/C33H38O6/c1-8-23(4)39-33-30(36-6)19-27(20-31(33)37-7)16-14-25-11-9-24(10-12-25)13-15-26-17-28(21-34)32(38-22(2)3)29(18-26)35-5/h9-23H,8H2,1-7H3/b15-13+,16-14+. The molecule has 1 atom stereocenters. The molecule has 0 aromatic heterocycles. The van der Waals surface area contributed by atoms with Gasteiger partial charge in [0.05, 0.1) is 39.1 Å². The van der Waals surface area contributed by atoms with E-state index in [0.29, 0.717) is 34.3 Å². The molecule has 0 saturated carbocycles. The number of rotatable bonds is 13. The summed E-state index contributed by atoms with van der Waals surface area (Å²) in [6.07, 6.45) is 9.63. The van der Waals surface area contributed by atoms with Gasteiger partial charge in [-0.2, -0.15) is 0 Å². The van der Waals surface area contributed by atoms with Crippen molar-refractivity contribution in [3.63, 3.8) is 0 Å². The molecule has 6 heteroatoms. The Morgan fingerprint density at radius 3 is 1.49 bits per heavy atom. The van der Waals surface area contributed by atoms with Crippen LogP contribution >= 0.6 is 0 Å². The molecule has 0 aliphatic rings. The minimum absolute atomic E-state index is 0.0501. The lowest BCUT2D eigenvalue weighted by Crippen LogP contribution is -2.11. The average Bonchev–Trinajstić information content (AvgIpc) is 2.95. The van der Waals surface area contributed by atoms with E-state index in [1.807, 2.05) is 87.5 Å². The van der Waals surface area contributed by atoms with Gasteiger partial charge in [-0.15, -0.1) is 0 Å². The maximum Gasteiger partial charge on any atom is 0.203 e. The van der Waals surface area contributed by atoms with Crippen molar-refractivity contribution in [2.75, 3.05) is 21.3 Å². The summed E-state index contributed by atoms with van der Waals surface area (Å²) in [7, 11) is 4.82. The normalized spacial score (nSPS) is 12.1. The van der Waals surface area contributed by atoms with Crippen LogP contribution in [0.4, 0.5) is 0 Å². The fourth-order valence-electron chi connectivity index (χ4n) is 3.84. The topological polar surface area (TPSA) is 63.2 Å². The molecule has 206 valence electrons. The van der Waals surface area contributed by atoms with Gasteiger partial charge in [-0.1, -0.05) is 55.5 Å². The summed E-state index contributed by atoms with van der Waals surface area (Å²) in [5.41, 5.74) is 4.31. The van der Waals surface area contributed by atoms with Crippen LogP contribution in [0.25, 0.3) is 24.3 Å². The Labute approximate surface area is 231 Å². The van der Waals surface area contributed by atoms with Crippen molar-refractivity contribution >= 4 is 30.6 Å². The average molecular weight is 531 g/mol. The zero-order chi connectivity index (χ0) is 28.4. The highest BCUT2D eigenvalue weighted by molar-refractivity contribution is 5.84. The van der Waals surface area contributed by atoms with Crippen LogP contribution < -0.4 is 23.7 Å². The van der Waals surface area contributed by atoms with E-state index in [4.69, 9.17) is 23.7 Å². The number of methoxy groups -OCH3 is 3. The quantitative estimate of drug-likeness (QED) is 0.166. The molecule has 3 rings (SSSR count). The number of hydrogen-bond donors (Lipinski definition) is 0. The highest BCUT2D eigenvalue weighted by Crippen LogP contribution is 2.40. The second-order valence-corrected chi connectivity index (χ2v) is 9.35. The van der Waals surface area contributed by atoms with Crippen molar-refractivity contribution < 1.29 is 28.5 Å². The summed E-state index contributed by atoms with van der Waals surface area (Å²) in [5, 5.41) is 0. The number of benzene rings is 3. The van der Waals surface area contributed by atoms with Gasteiger partial charge in [-0.25, -0.2) is 0 Å². The second-order valence-electron chi connectivity index (χ2n) is 9.35. The molecule has 0 aliphatic heterocycles. The molecule has 0 spiro atoms. The monoisotopic (exact) mass is 530 g/mol. The fraction of sp³-hybridized carbons (Fsp3) is 0.303. The Morgan fingerprint density at radius 2 is 1.08 bits per heavy atom. The van der Waals surface area contributed by atoms with Gasteiger partial charge in [0.25, 0.3) is 0 Å². The van der Waals surface area contributed by atoms with Crippen LogP contribution in [0.15, 0.2) is 48.5 Å². The lowest BCUT2D eigenvalue weighted by Gasteiger charge is -2.18. The third-order valence-corrected chi connectivity index (χ3v) is 6.06. The van der Waals surface area contributed by atoms with Crippen molar-refractivity contribution in [1.82, 2.24) is 0 Å². The van der Waals surface area contributed by atoms with Crippen LogP contribution in [0.3, 0.4) is 0 Å². The zero-order valence-electron chi connectivity index (χ0n) is 23.8. The second kappa shape index (κ2) is 14.1. The fourth-order valence-corrected chi connectivity index (χ4v) is 3.84. The maximum absolute atomic E-state index is 11.7. The third kappa shape index (κ3) is 7.90. The van der Waals surface area contributed by atoms with E-state index >= 15 is 0 Å². The Morgan fingerprint density at radius 1 is 0.641 bits per heavy atom. The molecule has 1 unspecified atom stereocenters. The highest BCUT2D eigenvalue weighted by atomic mass is 16.5. The molecule has 0 radical (unpaired) electrons. The third-order valence-electron chi connectivity index (χ3n) is 6.06. The summed E-state index contributed by atoms with van der Waals surface area (Å²) in [6.45, 7) is 7.91. The Kier molecular flexibility index (Phi) is 10.6. The SMILES string of the molecule is CCC(C)Oc1c(OC)cc(/C=C/c2ccc(/C=C/c3cc(C=O)c(OC(C)C)c(OC)c3)cc2)cc1OC. The molecule has 0 heterocycles. The lowest BCUT2D eigenvalue weighted by atomic mass is 10.1. The van der Waals surface area contributed by atoms with Crippen LogP contribution in [0, 0.1) is 0 Å². The first-order chi connectivity index (χ1) is 18.8. The molecule has 3 aromatic rings. The molecular weight excluding hydrogens is 492 g/mol. The minimum atomic E-state index is -0.0707. The van der Waals surface area contributed by atoms with Crippen molar-refractivity contribution in [3.05, 3.63) is 76.3 Å². The van der Waals surface area contributed by atoms with Gasteiger partial charge in [0.15, 0.2) is 29.3 Å². The Balaban J connectivity index is 1.78. The molecule has 6 nitrogen and oxygen atoms in total. The predicted molar refractivity (Wildman–Crippen MR) is 158 cm³/mol. The first kappa shape index (κ1) is 29.4. The Hall–Kier alpha value is -4.19. The number of carbonyl (C=O) groups excluding carboxylic acids is 1. The summed E-state index contributed by atoms with van der Waals surface area (Å²) >= 11 is 0. The van der Waals surface area contributed by atoms with Gasteiger partial charge in [0, 0.05) is 0 Å². The van der Waals surface area contributed by atoms with Crippen LogP contribution in [-0.2, 0) is 0 Å². The van der Waals surface area contributed by atoms with E-state index in [9.17, 15) is 4.79 Å². The summed E-state index contributed by atoms with van der Waals surface area (Å²) < 4.78 is 28.4. The van der Waals surface area contributed by atoms with Crippen molar-refractivity contribution in [2.24, 2.45) is 0 Å². The van der Waals surface area contributed by atoms with Gasteiger partial charge < -0.3 is 23.7 Å². The van der Waals surface area contributed by atoms with E-state index in [2.05, 4.69) is 6.92 Å². The van der Waals surface area contributed by atoms with E-state index in [0.717, 1.165) is 35.0 Å². The molecular formula is C33H38O6.